The first-order valence-electron chi connectivity index (χ1n) is 11.4. The van der Waals surface area contributed by atoms with Gasteiger partial charge in [0.05, 0.1) is 28.3 Å². The largest absolute Gasteiger partial charge is 0.456 e. The SMILES string of the molecule is N#CC1=CCC(c2ccccc2-n2c3ccccc3c3cc4oc5ccccc5c4cc32)N=C1. The van der Waals surface area contributed by atoms with Crippen LogP contribution in [0, 0.1) is 11.3 Å². The zero-order valence-corrected chi connectivity index (χ0v) is 18.3. The third-order valence-corrected chi connectivity index (χ3v) is 6.79. The van der Waals surface area contributed by atoms with Crippen LogP contribution in [0.5, 0.6) is 0 Å². The van der Waals surface area contributed by atoms with E-state index >= 15 is 0 Å². The lowest BCUT2D eigenvalue weighted by Gasteiger charge is -2.19. The summed E-state index contributed by atoms with van der Waals surface area (Å²) in [6.45, 7) is 0. The maximum absolute atomic E-state index is 9.21. The molecule has 3 heterocycles. The number of rotatable bonds is 2. The Morgan fingerprint density at radius 1 is 0.794 bits per heavy atom. The second-order valence-electron chi connectivity index (χ2n) is 8.68. The molecule has 2 aromatic heterocycles. The predicted molar refractivity (Wildman–Crippen MR) is 138 cm³/mol. The molecule has 0 saturated heterocycles. The monoisotopic (exact) mass is 437 g/mol. The molecule has 0 spiro atoms. The van der Waals surface area contributed by atoms with Gasteiger partial charge in [-0.1, -0.05) is 60.7 Å². The van der Waals surface area contributed by atoms with Crippen LogP contribution in [0.3, 0.4) is 0 Å². The van der Waals surface area contributed by atoms with Gasteiger partial charge in [-0.25, -0.2) is 0 Å². The van der Waals surface area contributed by atoms with Crippen molar-refractivity contribution >= 4 is 50.0 Å². The topological polar surface area (TPSA) is 54.2 Å². The molecule has 34 heavy (non-hydrogen) atoms. The molecule has 7 rings (SSSR count). The summed E-state index contributed by atoms with van der Waals surface area (Å²) in [6, 6.07) is 31.8. The van der Waals surface area contributed by atoms with E-state index in [1.165, 1.54) is 5.39 Å². The van der Waals surface area contributed by atoms with Gasteiger partial charge < -0.3 is 8.98 Å². The summed E-state index contributed by atoms with van der Waals surface area (Å²) >= 11 is 0. The lowest BCUT2D eigenvalue weighted by atomic mass is 9.98. The van der Waals surface area contributed by atoms with E-state index in [0.29, 0.717) is 12.0 Å². The van der Waals surface area contributed by atoms with Crippen molar-refractivity contribution in [3.63, 3.8) is 0 Å². The average molecular weight is 438 g/mol. The molecule has 0 saturated carbocycles. The second kappa shape index (κ2) is 7.19. The van der Waals surface area contributed by atoms with E-state index in [2.05, 4.69) is 83.4 Å². The number of benzene rings is 4. The Balaban J connectivity index is 1.55. The minimum Gasteiger partial charge on any atom is -0.456 e. The van der Waals surface area contributed by atoms with Gasteiger partial charge in [-0.15, -0.1) is 0 Å². The molecule has 0 aliphatic carbocycles. The highest BCUT2D eigenvalue weighted by atomic mass is 16.3. The van der Waals surface area contributed by atoms with Gasteiger partial charge in [0.25, 0.3) is 0 Å². The lowest BCUT2D eigenvalue weighted by Crippen LogP contribution is -2.06. The van der Waals surface area contributed by atoms with Gasteiger partial charge in [-0.05, 0) is 36.8 Å². The second-order valence-corrected chi connectivity index (χ2v) is 8.68. The molecule has 1 unspecified atom stereocenters. The zero-order valence-electron chi connectivity index (χ0n) is 18.3. The van der Waals surface area contributed by atoms with Crippen LogP contribution in [0.4, 0.5) is 0 Å². The number of aromatic nitrogens is 1. The van der Waals surface area contributed by atoms with Crippen molar-refractivity contribution in [1.82, 2.24) is 4.57 Å². The fourth-order valence-electron chi connectivity index (χ4n) is 5.22. The summed E-state index contributed by atoms with van der Waals surface area (Å²) in [4.78, 5) is 4.72. The number of nitriles is 1. The molecule has 0 radical (unpaired) electrons. The molecule has 6 aromatic rings. The van der Waals surface area contributed by atoms with Gasteiger partial charge in [0.2, 0.25) is 0 Å². The van der Waals surface area contributed by atoms with Crippen LogP contribution in [-0.2, 0) is 0 Å². The molecule has 0 fully saturated rings. The minimum absolute atomic E-state index is 0.0250. The minimum atomic E-state index is -0.0250. The van der Waals surface area contributed by atoms with Crippen LogP contribution in [0.25, 0.3) is 49.4 Å². The van der Waals surface area contributed by atoms with Crippen molar-refractivity contribution in [2.45, 2.75) is 12.5 Å². The Labute approximate surface area is 195 Å². The Hall–Kier alpha value is -4.62. The summed E-state index contributed by atoms with van der Waals surface area (Å²) in [5, 5.41) is 13.8. The van der Waals surface area contributed by atoms with E-state index in [9.17, 15) is 5.26 Å². The van der Waals surface area contributed by atoms with Crippen LogP contribution in [0.2, 0.25) is 0 Å². The number of aliphatic imine (C=N–C) groups is 1. The highest BCUT2D eigenvalue weighted by Crippen LogP contribution is 2.40. The standard InChI is InChI=1S/C30H19N3O/c31-17-19-13-14-25(32-18-19)22-9-2-5-11-27(22)33-26-10-4-1-7-20(26)23-16-30-24(15-28(23)33)21-8-3-6-12-29(21)34-30/h1-13,15-16,18,25H,14H2. The van der Waals surface area contributed by atoms with E-state index in [1.807, 2.05) is 18.2 Å². The van der Waals surface area contributed by atoms with Crippen molar-refractivity contribution in [2.75, 3.05) is 0 Å². The molecule has 0 bridgehead atoms. The Morgan fingerprint density at radius 3 is 2.44 bits per heavy atom. The van der Waals surface area contributed by atoms with E-state index in [1.54, 1.807) is 6.21 Å². The summed E-state index contributed by atoms with van der Waals surface area (Å²) in [5.74, 6) is 0. The van der Waals surface area contributed by atoms with Crippen molar-refractivity contribution < 1.29 is 4.42 Å². The number of para-hydroxylation sites is 3. The van der Waals surface area contributed by atoms with Crippen LogP contribution in [-0.4, -0.2) is 10.8 Å². The van der Waals surface area contributed by atoms with Gasteiger partial charge in [-0.2, -0.15) is 5.26 Å². The first-order chi connectivity index (χ1) is 16.8. The van der Waals surface area contributed by atoms with Crippen LogP contribution in [0.1, 0.15) is 18.0 Å². The molecular formula is C30H19N3O. The van der Waals surface area contributed by atoms with Gasteiger partial charge >= 0.3 is 0 Å². The maximum Gasteiger partial charge on any atom is 0.136 e. The van der Waals surface area contributed by atoms with Gasteiger partial charge in [-0.3, -0.25) is 4.99 Å². The highest BCUT2D eigenvalue weighted by molar-refractivity contribution is 6.17. The van der Waals surface area contributed by atoms with Crippen molar-refractivity contribution in [3.8, 4) is 11.8 Å². The summed E-state index contributed by atoms with van der Waals surface area (Å²) in [5.41, 5.74) is 6.97. The molecule has 4 nitrogen and oxygen atoms in total. The predicted octanol–water partition coefficient (Wildman–Crippen LogP) is 7.65. The Kier molecular flexibility index (Phi) is 4.00. The molecule has 1 atom stereocenters. The molecule has 1 aliphatic rings. The number of nitrogens with zero attached hydrogens (tertiary/aromatic N) is 3. The Bertz CT molecular complexity index is 1860. The number of allylic oxidation sites excluding steroid dienone is 1. The highest BCUT2D eigenvalue weighted by Gasteiger charge is 2.21. The van der Waals surface area contributed by atoms with Gasteiger partial charge in [0.1, 0.15) is 17.2 Å². The summed E-state index contributed by atoms with van der Waals surface area (Å²) in [7, 11) is 0. The quantitative estimate of drug-likeness (QED) is 0.279. The third-order valence-electron chi connectivity index (χ3n) is 6.79. The third kappa shape index (κ3) is 2.68. The number of hydrogen-bond acceptors (Lipinski definition) is 3. The molecule has 0 N–H and O–H groups in total. The van der Waals surface area contributed by atoms with E-state index in [4.69, 9.17) is 9.41 Å². The fourth-order valence-corrected chi connectivity index (χ4v) is 5.22. The Morgan fingerprint density at radius 2 is 1.59 bits per heavy atom. The van der Waals surface area contributed by atoms with Crippen molar-refractivity contribution in [1.29, 1.82) is 5.26 Å². The van der Waals surface area contributed by atoms with Crippen molar-refractivity contribution in [3.05, 3.63) is 102 Å². The van der Waals surface area contributed by atoms with Crippen LogP contribution in [0.15, 0.2) is 106 Å². The van der Waals surface area contributed by atoms with E-state index in [-0.39, 0.29) is 6.04 Å². The zero-order chi connectivity index (χ0) is 22.6. The smallest absolute Gasteiger partial charge is 0.136 e. The summed E-state index contributed by atoms with van der Waals surface area (Å²) < 4.78 is 8.55. The van der Waals surface area contributed by atoms with Crippen molar-refractivity contribution in [2.24, 2.45) is 4.99 Å². The normalized spacial score (nSPS) is 15.9. The van der Waals surface area contributed by atoms with Crippen LogP contribution >= 0.6 is 0 Å². The first kappa shape index (κ1) is 18.9. The molecular weight excluding hydrogens is 418 g/mol. The molecule has 1 aliphatic heterocycles. The molecule has 4 aromatic carbocycles. The lowest BCUT2D eigenvalue weighted by molar-refractivity contribution is 0.669. The van der Waals surface area contributed by atoms with E-state index in [0.717, 1.165) is 49.6 Å². The first-order valence-corrected chi connectivity index (χ1v) is 11.4. The average Bonchev–Trinajstić information content (AvgIpc) is 3.42. The van der Waals surface area contributed by atoms with Gasteiger partial charge in [0.15, 0.2) is 0 Å². The molecule has 4 heteroatoms. The van der Waals surface area contributed by atoms with Gasteiger partial charge in [0, 0.05) is 33.3 Å². The number of hydrogen-bond donors (Lipinski definition) is 0. The summed E-state index contributed by atoms with van der Waals surface area (Å²) in [6.07, 6.45) is 4.38. The van der Waals surface area contributed by atoms with E-state index < -0.39 is 0 Å². The van der Waals surface area contributed by atoms with Crippen LogP contribution < -0.4 is 0 Å². The fraction of sp³-hybridized carbons (Fsp3) is 0.0667. The molecule has 0 amide bonds. The number of furan rings is 1. The molecule has 160 valence electrons. The maximum atomic E-state index is 9.21. The number of fused-ring (bicyclic) bond motifs is 6. The number of dihydropyridines is 1.